The van der Waals surface area contributed by atoms with Gasteiger partial charge in [-0.25, -0.2) is 13.1 Å². The van der Waals surface area contributed by atoms with Gasteiger partial charge in [-0.1, -0.05) is 30.3 Å². The number of aromatic nitrogens is 3. The van der Waals surface area contributed by atoms with E-state index in [9.17, 15) is 8.42 Å². The highest BCUT2D eigenvalue weighted by atomic mass is 32.2. The summed E-state index contributed by atoms with van der Waals surface area (Å²) in [6.07, 6.45) is 4.09. The lowest BCUT2D eigenvalue weighted by atomic mass is 10.2. The van der Waals surface area contributed by atoms with Crippen molar-refractivity contribution >= 4 is 10.0 Å². The van der Waals surface area contributed by atoms with Crippen molar-refractivity contribution < 1.29 is 12.8 Å². The summed E-state index contributed by atoms with van der Waals surface area (Å²) in [5, 5.41) is 7.89. The van der Waals surface area contributed by atoms with Crippen LogP contribution < -0.4 is 4.72 Å². The SMILES string of the molecule is O=S(=O)(CCc1ccccc1)NCCc1nnc(-c2ccncc2)o1. The second-order valence-corrected chi connectivity index (χ2v) is 7.36. The van der Waals surface area contributed by atoms with Crippen molar-refractivity contribution in [2.75, 3.05) is 12.3 Å². The Morgan fingerprint density at radius 3 is 2.48 bits per heavy atom. The molecular weight excluding hydrogens is 340 g/mol. The van der Waals surface area contributed by atoms with E-state index in [1.807, 2.05) is 30.3 Å². The van der Waals surface area contributed by atoms with Crippen LogP contribution in [0.1, 0.15) is 11.5 Å². The Morgan fingerprint density at radius 2 is 1.72 bits per heavy atom. The Bertz CT molecular complexity index is 896. The van der Waals surface area contributed by atoms with E-state index in [1.54, 1.807) is 24.5 Å². The molecule has 0 aliphatic heterocycles. The maximum Gasteiger partial charge on any atom is 0.247 e. The summed E-state index contributed by atoms with van der Waals surface area (Å²) in [6, 6.07) is 13.0. The molecule has 2 heterocycles. The zero-order valence-corrected chi connectivity index (χ0v) is 14.3. The van der Waals surface area contributed by atoms with Crippen LogP contribution in [0.3, 0.4) is 0 Å². The van der Waals surface area contributed by atoms with E-state index in [4.69, 9.17) is 4.42 Å². The van der Waals surface area contributed by atoms with Gasteiger partial charge in [-0.3, -0.25) is 4.98 Å². The van der Waals surface area contributed by atoms with Gasteiger partial charge in [0.2, 0.25) is 21.8 Å². The molecule has 3 aromatic rings. The Balaban J connectivity index is 1.48. The minimum absolute atomic E-state index is 0.0448. The van der Waals surface area contributed by atoms with Gasteiger partial charge in [-0.15, -0.1) is 10.2 Å². The molecule has 25 heavy (non-hydrogen) atoms. The van der Waals surface area contributed by atoms with Crippen molar-refractivity contribution in [1.82, 2.24) is 19.9 Å². The van der Waals surface area contributed by atoms with E-state index in [0.717, 1.165) is 11.1 Å². The largest absolute Gasteiger partial charge is 0.421 e. The summed E-state index contributed by atoms with van der Waals surface area (Å²) in [7, 11) is -3.34. The summed E-state index contributed by atoms with van der Waals surface area (Å²) in [4.78, 5) is 3.93. The van der Waals surface area contributed by atoms with Gasteiger partial charge in [0.1, 0.15) is 0 Å². The highest BCUT2D eigenvalue weighted by molar-refractivity contribution is 7.89. The first-order valence-electron chi connectivity index (χ1n) is 7.86. The first kappa shape index (κ1) is 17.2. The van der Waals surface area contributed by atoms with Gasteiger partial charge in [0.15, 0.2) is 0 Å². The topological polar surface area (TPSA) is 98.0 Å². The quantitative estimate of drug-likeness (QED) is 0.660. The van der Waals surface area contributed by atoms with E-state index in [1.165, 1.54) is 0 Å². The summed E-state index contributed by atoms with van der Waals surface area (Å²) >= 11 is 0. The fourth-order valence-electron chi connectivity index (χ4n) is 2.25. The second-order valence-electron chi connectivity index (χ2n) is 5.44. The van der Waals surface area contributed by atoms with Gasteiger partial charge in [0.05, 0.1) is 5.75 Å². The highest BCUT2D eigenvalue weighted by Crippen LogP contribution is 2.16. The summed E-state index contributed by atoms with van der Waals surface area (Å²) in [5.41, 5.74) is 1.77. The zero-order valence-electron chi connectivity index (χ0n) is 13.5. The first-order chi connectivity index (χ1) is 12.1. The van der Waals surface area contributed by atoms with Crippen LogP contribution in [0.15, 0.2) is 59.3 Å². The van der Waals surface area contributed by atoms with Gasteiger partial charge < -0.3 is 4.42 Å². The molecule has 7 nitrogen and oxygen atoms in total. The van der Waals surface area contributed by atoms with Crippen molar-refractivity contribution in [3.63, 3.8) is 0 Å². The third-order valence-electron chi connectivity index (χ3n) is 3.56. The molecule has 0 bridgehead atoms. The maximum atomic E-state index is 12.0. The molecule has 1 aromatic carbocycles. The molecule has 3 rings (SSSR count). The third-order valence-corrected chi connectivity index (χ3v) is 4.94. The summed E-state index contributed by atoms with van der Waals surface area (Å²) in [5.74, 6) is 0.824. The smallest absolute Gasteiger partial charge is 0.247 e. The molecule has 0 atom stereocenters. The van der Waals surface area contributed by atoms with Crippen LogP contribution in [0, 0.1) is 0 Å². The van der Waals surface area contributed by atoms with Gasteiger partial charge in [0.25, 0.3) is 0 Å². The van der Waals surface area contributed by atoms with E-state index in [2.05, 4.69) is 19.9 Å². The van der Waals surface area contributed by atoms with Crippen LogP contribution in [-0.4, -0.2) is 35.9 Å². The van der Waals surface area contributed by atoms with Gasteiger partial charge in [0, 0.05) is 30.9 Å². The van der Waals surface area contributed by atoms with Crippen LogP contribution in [0.5, 0.6) is 0 Å². The number of rotatable bonds is 8. The van der Waals surface area contributed by atoms with E-state index < -0.39 is 10.0 Å². The Hall–Kier alpha value is -2.58. The number of hydrogen-bond donors (Lipinski definition) is 1. The monoisotopic (exact) mass is 358 g/mol. The number of benzene rings is 1. The fourth-order valence-corrected chi connectivity index (χ4v) is 3.31. The number of sulfonamides is 1. The molecule has 0 amide bonds. The van der Waals surface area contributed by atoms with Gasteiger partial charge in [-0.05, 0) is 24.1 Å². The molecule has 0 unspecified atom stereocenters. The van der Waals surface area contributed by atoms with Crippen molar-refractivity contribution in [1.29, 1.82) is 0 Å². The van der Waals surface area contributed by atoms with Crippen molar-refractivity contribution in [2.45, 2.75) is 12.8 Å². The standard InChI is InChI=1S/C17H18N4O3S/c22-25(23,13-9-14-4-2-1-3-5-14)19-12-8-16-20-21-17(24-16)15-6-10-18-11-7-15/h1-7,10-11,19H,8-9,12-13H2. The van der Waals surface area contributed by atoms with Crippen molar-refractivity contribution in [3.8, 4) is 11.5 Å². The highest BCUT2D eigenvalue weighted by Gasteiger charge is 2.12. The van der Waals surface area contributed by atoms with E-state index in [-0.39, 0.29) is 12.3 Å². The Labute approximate surface area is 146 Å². The van der Waals surface area contributed by atoms with Crippen LogP contribution in [0.25, 0.3) is 11.5 Å². The molecule has 8 heteroatoms. The second kappa shape index (κ2) is 8.00. The minimum atomic E-state index is -3.34. The molecule has 0 radical (unpaired) electrons. The van der Waals surface area contributed by atoms with Crippen LogP contribution in [-0.2, 0) is 22.9 Å². The molecule has 0 aliphatic carbocycles. The molecule has 130 valence electrons. The molecular formula is C17H18N4O3S. The fraction of sp³-hybridized carbons (Fsp3) is 0.235. The van der Waals surface area contributed by atoms with Crippen LogP contribution in [0.4, 0.5) is 0 Å². The summed E-state index contributed by atoms with van der Waals surface area (Å²) in [6.45, 7) is 0.217. The number of aryl methyl sites for hydroxylation is 1. The lowest BCUT2D eigenvalue weighted by Gasteiger charge is -2.05. The van der Waals surface area contributed by atoms with E-state index >= 15 is 0 Å². The molecule has 0 spiro atoms. The average Bonchev–Trinajstić information content (AvgIpc) is 3.11. The molecule has 0 aliphatic rings. The lowest BCUT2D eigenvalue weighted by molar-refractivity contribution is 0.502. The molecule has 2 aromatic heterocycles. The molecule has 0 saturated heterocycles. The first-order valence-corrected chi connectivity index (χ1v) is 9.52. The maximum absolute atomic E-state index is 12.0. The number of hydrogen-bond acceptors (Lipinski definition) is 6. The number of pyridine rings is 1. The molecule has 0 fully saturated rings. The number of nitrogens with one attached hydrogen (secondary N) is 1. The average molecular weight is 358 g/mol. The normalized spacial score (nSPS) is 11.5. The van der Waals surface area contributed by atoms with Gasteiger partial charge in [-0.2, -0.15) is 0 Å². The Kier molecular flexibility index (Phi) is 5.52. The van der Waals surface area contributed by atoms with Crippen LogP contribution in [0.2, 0.25) is 0 Å². The predicted octanol–water partition coefficient (Wildman–Crippen LogP) is 1.84. The lowest BCUT2D eigenvalue weighted by Crippen LogP contribution is -2.29. The van der Waals surface area contributed by atoms with Crippen LogP contribution >= 0.6 is 0 Å². The third kappa shape index (κ3) is 5.20. The number of nitrogens with zero attached hydrogens (tertiary/aromatic N) is 3. The van der Waals surface area contributed by atoms with Crippen molar-refractivity contribution in [2.24, 2.45) is 0 Å². The molecule has 1 N–H and O–H groups in total. The zero-order chi connectivity index (χ0) is 17.5. The van der Waals surface area contributed by atoms with E-state index in [0.29, 0.717) is 24.6 Å². The summed E-state index contributed by atoms with van der Waals surface area (Å²) < 4.78 is 32.2. The predicted molar refractivity (Wildman–Crippen MR) is 93.2 cm³/mol. The Morgan fingerprint density at radius 1 is 0.960 bits per heavy atom. The van der Waals surface area contributed by atoms with Crippen molar-refractivity contribution in [3.05, 3.63) is 66.3 Å². The van der Waals surface area contributed by atoms with Gasteiger partial charge >= 0.3 is 0 Å². The molecule has 0 saturated carbocycles. The minimum Gasteiger partial charge on any atom is -0.421 e.